The van der Waals surface area contributed by atoms with Crippen molar-refractivity contribution < 1.29 is 19.3 Å². The van der Waals surface area contributed by atoms with E-state index in [0.717, 1.165) is 24.3 Å². The molecule has 6 atom stereocenters. The van der Waals surface area contributed by atoms with E-state index in [9.17, 15) is 5.11 Å². The molecule has 3 aromatic rings. The van der Waals surface area contributed by atoms with Crippen molar-refractivity contribution in [1.29, 1.82) is 0 Å². The van der Waals surface area contributed by atoms with E-state index < -0.39 is 5.79 Å². The number of fused-ring (bicyclic) bond motifs is 2. The van der Waals surface area contributed by atoms with Crippen molar-refractivity contribution in [3.8, 4) is 5.75 Å². The van der Waals surface area contributed by atoms with Crippen LogP contribution >= 0.6 is 11.8 Å². The van der Waals surface area contributed by atoms with Crippen molar-refractivity contribution in [2.75, 3.05) is 24.8 Å². The van der Waals surface area contributed by atoms with E-state index in [0.29, 0.717) is 34.5 Å². The first-order chi connectivity index (χ1) is 17.9. The number of benzene rings is 1. The molecule has 3 aliphatic rings. The Morgan fingerprint density at radius 3 is 2.84 bits per heavy atom. The second-order valence-electron chi connectivity index (χ2n) is 10.6. The Bertz CT molecular complexity index is 1290. The van der Waals surface area contributed by atoms with Gasteiger partial charge in [0, 0.05) is 30.2 Å². The molecule has 3 heterocycles. The van der Waals surface area contributed by atoms with E-state index in [1.165, 1.54) is 5.56 Å². The topological polar surface area (TPSA) is 116 Å². The molecule has 2 aromatic heterocycles. The molecule has 198 valence electrons. The molecule has 2 aliphatic carbocycles. The summed E-state index contributed by atoms with van der Waals surface area (Å²) in [5, 5.41) is 23.4. The zero-order valence-electron chi connectivity index (χ0n) is 21.6. The fourth-order valence-corrected chi connectivity index (χ4v) is 6.33. The van der Waals surface area contributed by atoms with Crippen molar-refractivity contribution in [2.45, 2.75) is 81.2 Å². The predicted octanol–water partition coefficient (Wildman–Crippen LogP) is 3.77. The lowest BCUT2D eigenvalue weighted by Crippen LogP contribution is -2.28. The number of aliphatic hydroxyl groups excluding tert-OH is 1. The SMILES string of the molecule is CCCSc1nc(NC2CC2c2cccc(OC)c2)c2nnn(C3CC(CO)C4OC(C)(C)OC43)c2n1. The Morgan fingerprint density at radius 2 is 2.05 bits per heavy atom. The quantitative estimate of drug-likeness (QED) is 0.315. The van der Waals surface area contributed by atoms with Crippen molar-refractivity contribution in [3.63, 3.8) is 0 Å². The molecule has 1 saturated heterocycles. The first kappa shape index (κ1) is 24.8. The summed E-state index contributed by atoms with van der Waals surface area (Å²) in [7, 11) is 1.69. The number of aliphatic hydroxyl groups is 1. The summed E-state index contributed by atoms with van der Waals surface area (Å²) in [5.41, 5.74) is 2.59. The van der Waals surface area contributed by atoms with Crippen LogP contribution in [0.5, 0.6) is 5.75 Å². The van der Waals surface area contributed by atoms with Crippen LogP contribution in [-0.2, 0) is 9.47 Å². The highest BCUT2D eigenvalue weighted by Gasteiger charge is 2.55. The number of aromatic nitrogens is 5. The monoisotopic (exact) mass is 526 g/mol. The lowest BCUT2D eigenvalue weighted by atomic mass is 10.1. The minimum atomic E-state index is -0.706. The van der Waals surface area contributed by atoms with Crippen LogP contribution in [0.1, 0.15) is 57.6 Å². The van der Waals surface area contributed by atoms with E-state index in [4.69, 9.17) is 24.2 Å². The molecule has 1 aliphatic heterocycles. The van der Waals surface area contributed by atoms with E-state index in [-0.39, 0.29) is 36.8 Å². The predicted molar refractivity (Wildman–Crippen MR) is 140 cm³/mol. The van der Waals surface area contributed by atoms with E-state index in [1.807, 2.05) is 30.7 Å². The molecular weight excluding hydrogens is 492 g/mol. The molecular formula is C26H34N6O4S. The third-order valence-corrected chi connectivity index (χ3v) is 8.53. The van der Waals surface area contributed by atoms with Crippen molar-refractivity contribution >= 4 is 28.7 Å². The zero-order chi connectivity index (χ0) is 25.7. The van der Waals surface area contributed by atoms with Gasteiger partial charge in [0.05, 0.1) is 19.3 Å². The van der Waals surface area contributed by atoms with Crippen LogP contribution < -0.4 is 10.1 Å². The number of methoxy groups -OCH3 is 1. The minimum Gasteiger partial charge on any atom is -0.497 e. The average molecular weight is 527 g/mol. The minimum absolute atomic E-state index is 0.0283. The Labute approximate surface area is 220 Å². The molecule has 37 heavy (non-hydrogen) atoms. The highest BCUT2D eigenvalue weighted by molar-refractivity contribution is 7.99. The van der Waals surface area contributed by atoms with Gasteiger partial charge in [-0.2, -0.15) is 0 Å². The third kappa shape index (κ3) is 4.67. The largest absolute Gasteiger partial charge is 0.497 e. The molecule has 6 unspecified atom stereocenters. The van der Waals surface area contributed by atoms with E-state index in [1.54, 1.807) is 18.9 Å². The fraction of sp³-hybridized carbons (Fsp3) is 0.615. The van der Waals surface area contributed by atoms with Crippen LogP contribution in [0.25, 0.3) is 11.2 Å². The van der Waals surface area contributed by atoms with Crippen LogP contribution in [0.2, 0.25) is 0 Å². The Kier molecular flexibility index (Phi) is 6.50. The fourth-order valence-electron chi connectivity index (χ4n) is 5.64. The average Bonchev–Trinajstić information content (AvgIpc) is 3.23. The van der Waals surface area contributed by atoms with E-state index in [2.05, 4.69) is 34.7 Å². The molecule has 0 amide bonds. The molecule has 10 nitrogen and oxygen atoms in total. The van der Waals surface area contributed by atoms with Crippen LogP contribution in [0.4, 0.5) is 5.82 Å². The van der Waals surface area contributed by atoms with Gasteiger partial charge in [0.2, 0.25) is 0 Å². The maximum atomic E-state index is 10.0. The molecule has 11 heteroatoms. The van der Waals surface area contributed by atoms with Gasteiger partial charge in [0.25, 0.3) is 0 Å². The lowest BCUT2D eigenvalue weighted by Gasteiger charge is -2.23. The van der Waals surface area contributed by atoms with Gasteiger partial charge >= 0.3 is 0 Å². The number of anilines is 1. The summed E-state index contributed by atoms with van der Waals surface area (Å²) in [5.74, 6) is 2.15. The number of nitrogens with zero attached hydrogens (tertiary/aromatic N) is 5. The Hall–Kier alpha value is -2.47. The van der Waals surface area contributed by atoms with Gasteiger partial charge in [-0.25, -0.2) is 14.6 Å². The number of hydrogen-bond donors (Lipinski definition) is 2. The third-order valence-electron chi connectivity index (χ3n) is 7.47. The highest BCUT2D eigenvalue weighted by Crippen LogP contribution is 2.48. The number of ether oxygens (including phenoxy) is 3. The van der Waals surface area contributed by atoms with Gasteiger partial charge in [-0.3, -0.25) is 0 Å². The lowest BCUT2D eigenvalue weighted by molar-refractivity contribution is -0.162. The van der Waals surface area contributed by atoms with Crippen LogP contribution in [-0.4, -0.2) is 73.6 Å². The summed E-state index contributed by atoms with van der Waals surface area (Å²) < 4.78 is 19.7. The first-order valence-corrected chi connectivity index (χ1v) is 14.0. The zero-order valence-corrected chi connectivity index (χ0v) is 22.4. The summed E-state index contributed by atoms with van der Waals surface area (Å²) in [6.45, 7) is 6.01. The molecule has 0 bridgehead atoms. The molecule has 2 N–H and O–H groups in total. The van der Waals surface area contributed by atoms with E-state index >= 15 is 0 Å². The first-order valence-electron chi connectivity index (χ1n) is 13.0. The Balaban J connectivity index is 1.32. The van der Waals surface area contributed by atoms with Crippen molar-refractivity contribution in [2.24, 2.45) is 5.92 Å². The van der Waals surface area contributed by atoms with Gasteiger partial charge in [-0.05, 0) is 50.8 Å². The highest BCUT2D eigenvalue weighted by atomic mass is 32.2. The summed E-state index contributed by atoms with van der Waals surface area (Å²) in [6, 6.07) is 8.35. The summed E-state index contributed by atoms with van der Waals surface area (Å²) in [6.07, 6.45) is 2.31. The molecule has 1 aromatic carbocycles. The van der Waals surface area contributed by atoms with Crippen molar-refractivity contribution in [3.05, 3.63) is 29.8 Å². The second-order valence-corrected chi connectivity index (χ2v) is 11.7. The molecule has 3 fully saturated rings. The van der Waals surface area contributed by atoms with Gasteiger partial charge in [0.15, 0.2) is 27.9 Å². The van der Waals surface area contributed by atoms with Crippen molar-refractivity contribution in [1.82, 2.24) is 25.0 Å². The standard InChI is InChI=1S/C26H34N6O4S/c1-5-9-37-25-28-23(27-18-12-17(18)14-7-6-8-16(10-14)34-4)20-24(29-25)32(31-30-20)19-11-15(13-33)21-22(19)36-26(2,3)35-21/h6-8,10,15,17-19,21-22,33H,5,9,11-13H2,1-4H3,(H,27,28,29). The summed E-state index contributed by atoms with van der Waals surface area (Å²) >= 11 is 1.63. The number of thioether (sulfide) groups is 1. The normalized spacial score (nSPS) is 30.0. The molecule has 0 radical (unpaired) electrons. The van der Waals surface area contributed by atoms with Gasteiger partial charge in [-0.15, -0.1) is 5.10 Å². The van der Waals surface area contributed by atoms with Gasteiger partial charge in [-0.1, -0.05) is 36.0 Å². The molecule has 2 saturated carbocycles. The maximum absolute atomic E-state index is 10.0. The second kappa shape index (κ2) is 9.68. The van der Waals surface area contributed by atoms with Crippen LogP contribution in [0, 0.1) is 5.92 Å². The van der Waals surface area contributed by atoms with Gasteiger partial charge < -0.3 is 24.6 Å². The number of nitrogens with one attached hydrogen (secondary N) is 1. The number of rotatable bonds is 9. The van der Waals surface area contributed by atoms with Gasteiger partial charge in [0.1, 0.15) is 11.9 Å². The van der Waals surface area contributed by atoms with Crippen LogP contribution in [0.3, 0.4) is 0 Å². The maximum Gasteiger partial charge on any atom is 0.191 e. The summed E-state index contributed by atoms with van der Waals surface area (Å²) in [4.78, 5) is 9.73. The Morgan fingerprint density at radius 1 is 1.22 bits per heavy atom. The van der Waals surface area contributed by atoms with Crippen LogP contribution in [0.15, 0.2) is 29.4 Å². The smallest absolute Gasteiger partial charge is 0.191 e. The molecule has 6 rings (SSSR count). The number of hydrogen-bond acceptors (Lipinski definition) is 10. The molecule has 0 spiro atoms.